The van der Waals surface area contributed by atoms with Gasteiger partial charge in [0.15, 0.2) is 0 Å². The van der Waals surface area contributed by atoms with Crippen LogP contribution >= 0.6 is 23.2 Å². The maximum absolute atomic E-state index is 12.7. The van der Waals surface area contributed by atoms with Crippen molar-refractivity contribution in [1.82, 2.24) is 14.7 Å². The van der Waals surface area contributed by atoms with E-state index in [-0.39, 0.29) is 11.9 Å². The standard InChI is InChI=1S/C22H25Cl2N3O2/c23-18-5-1-16(2-6-18)13-25-9-11-26(12-10-25)20-14-27(15-21(20)28)22(29)17-3-7-19(24)8-4-17/h1-8,20-21,28H,9-15H2. The summed E-state index contributed by atoms with van der Waals surface area (Å²) >= 11 is 11.9. The van der Waals surface area contributed by atoms with Gasteiger partial charge in [-0.25, -0.2) is 0 Å². The summed E-state index contributed by atoms with van der Waals surface area (Å²) in [6, 6.07) is 14.9. The number of likely N-dealkylation sites (tertiary alicyclic amines) is 1. The van der Waals surface area contributed by atoms with Gasteiger partial charge in [-0.3, -0.25) is 14.6 Å². The quantitative estimate of drug-likeness (QED) is 0.804. The van der Waals surface area contributed by atoms with Crippen LogP contribution in [0.1, 0.15) is 15.9 Å². The largest absolute Gasteiger partial charge is 0.390 e. The first kappa shape index (κ1) is 20.6. The van der Waals surface area contributed by atoms with E-state index in [0.717, 1.165) is 37.7 Å². The number of piperazine rings is 1. The first-order valence-electron chi connectivity index (χ1n) is 9.93. The van der Waals surface area contributed by atoms with E-state index in [0.29, 0.717) is 23.7 Å². The number of nitrogens with zero attached hydrogens (tertiary/aromatic N) is 3. The fourth-order valence-corrected chi connectivity index (χ4v) is 4.42. The third-order valence-electron chi connectivity index (χ3n) is 5.83. The van der Waals surface area contributed by atoms with E-state index in [1.54, 1.807) is 29.2 Å². The Morgan fingerprint density at radius 1 is 0.897 bits per heavy atom. The molecule has 0 aliphatic carbocycles. The van der Waals surface area contributed by atoms with Gasteiger partial charge in [-0.2, -0.15) is 0 Å². The van der Waals surface area contributed by atoms with Gasteiger partial charge in [0, 0.05) is 61.4 Å². The molecule has 2 aliphatic heterocycles. The number of hydrogen-bond donors (Lipinski definition) is 1. The van der Waals surface area contributed by atoms with Crippen molar-refractivity contribution in [2.75, 3.05) is 39.3 Å². The number of β-amino-alcohol motifs (C(OH)–C–C–N with tert-alkyl or cyclic N) is 1. The molecule has 2 saturated heterocycles. The highest BCUT2D eigenvalue weighted by molar-refractivity contribution is 6.30. The summed E-state index contributed by atoms with van der Waals surface area (Å²) in [5.41, 5.74) is 1.86. The summed E-state index contributed by atoms with van der Waals surface area (Å²) in [4.78, 5) is 19.2. The lowest BCUT2D eigenvalue weighted by atomic mass is 10.1. The molecule has 2 fully saturated rings. The van der Waals surface area contributed by atoms with Crippen LogP contribution in [0.2, 0.25) is 10.0 Å². The van der Waals surface area contributed by atoms with Crippen LogP contribution in [-0.4, -0.2) is 77.1 Å². The number of amides is 1. The molecule has 2 heterocycles. The highest BCUT2D eigenvalue weighted by Crippen LogP contribution is 2.22. The van der Waals surface area contributed by atoms with Crippen molar-refractivity contribution in [3.63, 3.8) is 0 Å². The number of benzene rings is 2. The Labute approximate surface area is 181 Å². The zero-order chi connectivity index (χ0) is 20.4. The van der Waals surface area contributed by atoms with Gasteiger partial charge >= 0.3 is 0 Å². The highest BCUT2D eigenvalue weighted by atomic mass is 35.5. The van der Waals surface area contributed by atoms with E-state index < -0.39 is 6.10 Å². The van der Waals surface area contributed by atoms with Gasteiger partial charge in [0.1, 0.15) is 0 Å². The Hall–Kier alpha value is -1.63. The molecule has 5 nitrogen and oxygen atoms in total. The lowest BCUT2D eigenvalue weighted by Gasteiger charge is -2.38. The van der Waals surface area contributed by atoms with Gasteiger partial charge in [0.25, 0.3) is 5.91 Å². The van der Waals surface area contributed by atoms with E-state index in [9.17, 15) is 9.90 Å². The van der Waals surface area contributed by atoms with Gasteiger partial charge in [0.2, 0.25) is 0 Å². The normalized spacial score (nSPS) is 23.5. The van der Waals surface area contributed by atoms with E-state index >= 15 is 0 Å². The number of hydrogen-bond acceptors (Lipinski definition) is 4. The Bertz CT molecular complexity index is 836. The first-order chi connectivity index (χ1) is 14.0. The molecule has 0 bridgehead atoms. The number of carbonyl (C=O) groups excluding carboxylic acids is 1. The van der Waals surface area contributed by atoms with Crippen molar-refractivity contribution in [2.24, 2.45) is 0 Å². The molecule has 4 rings (SSSR count). The number of aliphatic hydroxyl groups excluding tert-OH is 1. The minimum atomic E-state index is -0.519. The van der Waals surface area contributed by atoms with Gasteiger partial charge in [-0.15, -0.1) is 0 Å². The van der Waals surface area contributed by atoms with E-state index in [4.69, 9.17) is 23.2 Å². The molecular weight excluding hydrogens is 409 g/mol. The minimum absolute atomic E-state index is 0.0102. The van der Waals surface area contributed by atoms with Crippen LogP contribution in [0.15, 0.2) is 48.5 Å². The van der Waals surface area contributed by atoms with Crippen LogP contribution < -0.4 is 0 Å². The van der Waals surface area contributed by atoms with E-state index in [1.165, 1.54) is 5.56 Å². The molecule has 2 aliphatic rings. The molecule has 0 radical (unpaired) electrons. The summed E-state index contributed by atoms with van der Waals surface area (Å²) in [6.07, 6.45) is -0.519. The molecule has 0 saturated carbocycles. The van der Waals surface area contributed by atoms with Gasteiger partial charge in [-0.05, 0) is 42.0 Å². The maximum atomic E-state index is 12.7. The monoisotopic (exact) mass is 433 g/mol. The van der Waals surface area contributed by atoms with Crippen LogP contribution in [-0.2, 0) is 6.54 Å². The zero-order valence-electron chi connectivity index (χ0n) is 16.2. The molecule has 0 aromatic heterocycles. The molecule has 2 unspecified atom stereocenters. The lowest BCUT2D eigenvalue weighted by Crippen LogP contribution is -2.53. The van der Waals surface area contributed by atoms with Crippen molar-refractivity contribution in [2.45, 2.75) is 18.7 Å². The van der Waals surface area contributed by atoms with Crippen LogP contribution in [0.5, 0.6) is 0 Å². The SMILES string of the molecule is O=C(c1ccc(Cl)cc1)N1CC(O)C(N2CCN(Cc3ccc(Cl)cc3)CC2)C1. The molecule has 1 amide bonds. The first-order valence-corrected chi connectivity index (χ1v) is 10.7. The Kier molecular flexibility index (Phi) is 6.42. The summed E-state index contributed by atoms with van der Waals surface area (Å²) in [7, 11) is 0. The third-order valence-corrected chi connectivity index (χ3v) is 6.34. The molecule has 7 heteroatoms. The van der Waals surface area contributed by atoms with Crippen LogP contribution in [0.4, 0.5) is 0 Å². The maximum Gasteiger partial charge on any atom is 0.253 e. The second-order valence-corrected chi connectivity index (χ2v) is 8.66. The fourth-order valence-electron chi connectivity index (χ4n) is 4.17. The van der Waals surface area contributed by atoms with Crippen molar-refractivity contribution in [3.05, 3.63) is 69.7 Å². The Morgan fingerprint density at radius 3 is 2.10 bits per heavy atom. The third kappa shape index (κ3) is 4.93. The average Bonchev–Trinajstić information content (AvgIpc) is 3.12. The highest BCUT2D eigenvalue weighted by Gasteiger charge is 2.38. The Balaban J connectivity index is 1.31. The van der Waals surface area contributed by atoms with Crippen molar-refractivity contribution >= 4 is 29.1 Å². The summed E-state index contributed by atoms with van der Waals surface area (Å²) in [5.74, 6) is -0.0513. The summed E-state index contributed by atoms with van der Waals surface area (Å²) < 4.78 is 0. The fraction of sp³-hybridized carbons (Fsp3) is 0.409. The van der Waals surface area contributed by atoms with Gasteiger partial charge in [-0.1, -0.05) is 35.3 Å². The van der Waals surface area contributed by atoms with E-state index in [1.807, 2.05) is 12.1 Å². The smallest absolute Gasteiger partial charge is 0.253 e. The lowest BCUT2D eigenvalue weighted by molar-refractivity contribution is 0.0423. The Morgan fingerprint density at radius 2 is 1.48 bits per heavy atom. The number of rotatable bonds is 4. The van der Waals surface area contributed by atoms with Crippen molar-refractivity contribution in [3.8, 4) is 0 Å². The number of carbonyl (C=O) groups is 1. The minimum Gasteiger partial charge on any atom is -0.390 e. The number of aliphatic hydroxyl groups is 1. The van der Waals surface area contributed by atoms with Crippen LogP contribution in [0.25, 0.3) is 0 Å². The van der Waals surface area contributed by atoms with Gasteiger partial charge in [0.05, 0.1) is 12.1 Å². The average molecular weight is 434 g/mol. The van der Waals surface area contributed by atoms with Crippen LogP contribution in [0.3, 0.4) is 0 Å². The zero-order valence-corrected chi connectivity index (χ0v) is 17.7. The van der Waals surface area contributed by atoms with Crippen molar-refractivity contribution < 1.29 is 9.90 Å². The topological polar surface area (TPSA) is 47.0 Å². The molecular formula is C22H25Cl2N3O2. The predicted octanol–water partition coefficient (Wildman–Crippen LogP) is 3.00. The van der Waals surface area contributed by atoms with Crippen molar-refractivity contribution in [1.29, 1.82) is 0 Å². The summed E-state index contributed by atoms with van der Waals surface area (Å²) in [6.45, 7) is 5.49. The second-order valence-electron chi connectivity index (χ2n) is 7.79. The molecule has 0 spiro atoms. The van der Waals surface area contributed by atoms with E-state index in [2.05, 4.69) is 21.9 Å². The number of halogens is 2. The molecule has 154 valence electrons. The molecule has 1 N–H and O–H groups in total. The molecule has 2 atom stereocenters. The second kappa shape index (κ2) is 9.02. The predicted molar refractivity (Wildman–Crippen MR) is 115 cm³/mol. The molecule has 2 aromatic rings. The summed E-state index contributed by atoms with van der Waals surface area (Å²) in [5, 5.41) is 12.0. The van der Waals surface area contributed by atoms with Gasteiger partial charge < -0.3 is 10.0 Å². The van der Waals surface area contributed by atoms with Crippen LogP contribution in [0, 0.1) is 0 Å². The molecule has 2 aromatic carbocycles. The molecule has 29 heavy (non-hydrogen) atoms.